The standard InChI is InChI=1S/C14H19NO/c1-14(2,3)11-9-12(16)15-13(11)10-7-5-4-6-8-10/h4-8,11,13H,9H2,1-3H3,(H,15,16). The number of rotatable bonds is 1. The minimum Gasteiger partial charge on any atom is -0.349 e. The summed E-state index contributed by atoms with van der Waals surface area (Å²) in [6.07, 6.45) is 0.642. The zero-order chi connectivity index (χ0) is 11.8. The lowest BCUT2D eigenvalue weighted by molar-refractivity contribution is -0.119. The van der Waals surface area contributed by atoms with Crippen molar-refractivity contribution < 1.29 is 4.79 Å². The molecule has 2 rings (SSSR count). The van der Waals surface area contributed by atoms with Gasteiger partial charge in [0.05, 0.1) is 6.04 Å². The monoisotopic (exact) mass is 217 g/mol. The molecule has 2 heteroatoms. The van der Waals surface area contributed by atoms with Gasteiger partial charge in [-0.25, -0.2) is 0 Å². The molecule has 1 aliphatic heterocycles. The minimum atomic E-state index is 0.152. The molecule has 0 aliphatic carbocycles. The first-order valence-corrected chi connectivity index (χ1v) is 5.83. The van der Waals surface area contributed by atoms with E-state index in [-0.39, 0.29) is 17.4 Å². The zero-order valence-corrected chi connectivity index (χ0v) is 10.2. The molecule has 0 radical (unpaired) electrons. The highest BCUT2D eigenvalue weighted by Gasteiger charge is 2.40. The van der Waals surface area contributed by atoms with Crippen LogP contribution >= 0.6 is 0 Å². The van der Waals surface area contributed by atoms with E-state index in [0.717, 1.165) is 0 Å². The number of hydrogen-bond acceptors (Lipinski definition) is 1. The van der Waals surface area contributed by atoms with E-state index in [1.807, 2.05) is 18.2 Å². The first-order chi connectivity index (χ1) is 7.48. The fraction of sp³-hybridized carbons (Fsp3) is 0.500. The molecular formula is C14H19NO. The van der Waals surface area contributed by atoms with Crippen LogP contribution in [0.4, 0.5) is 0 Å². The number of carbonyl (C=O) groups is 1. The fourth-order valence-electron chi connectivity index (χ4n) is 2.43. The predicted octanol–water partition coefficient (Wildman–Crippen LogP) is 2.91. The normalized spacial score (nSPS) is 25.6. The maximum absolute atomic E-state index is 11.6. The molecule has 1 aromatic rings. The van der Waals surface area contributed by atoms with Gasteiger partial charge < -0.3 is 5.32 Å². The van der Waals surface area contributed by atoms with E-state index in [2.05, 4.69) is 38.2 Å². The second kappa shape index (κ2) is 3.93. The summed E-state index contributed by atoms with van der Waals surface area (Å²) in [7, 11) is 0. The molecule has 1 N–H and O–H groups in total. The lowest BCUT2D eigenvalue weighted by Gasteiger charge is -2.31. The number of amides is 1. The highest BCUT2D eigenvalue weighted by Crippen LogP contribution is 2.42. The summed E-state index contributed by atoms with van der Waals surface area (Å²) in [6, 6.07) is 10.4. The average Bonchev–Trinajstić information content (AvgIpc) is 2.61. The van der Waals surface area contributed by atoms with Gasteiger partial charge in [-0.15, -0.1) is 0 Å². The van der Waals surface area contributed by atoms with Crippen molar-refractivity contribution in [3.8, 4) is 0 Å². The van der Waals surface area contributed by atoms with Crippen LogP contribution in [-0.4, -0.2) is 5.91 Å². The van der Waals surface area contributed by atoms with Crippen LogP contribution in [0.1, 0.15) is 38.8 Å². The Kier molecular flexibility index (Phi) is 2.75. The maximum Gasteiger partial charge on any atom is 0.220 e. The van der Waals surface area contributed by atoms with E-state index >= 15 is 0 Å². The van der Waals surface area contributed by atoms with Crippen molar-refractivity contribution in [3.05, 3.63) is 35.9 Å². The quantitative estimate of drug-likeness (QED) is 0.770. The van der Waals surface area contributed by atoms with Gasteiger partial charge >= 0.3 is 0 Å². The molecule has 0 spiro atoms. The first-order valence-electron chi connectivity index (χ1n) is 5.83. The summed E-state index contributed by atoms with van der Waals surface area (Å²) in [5.41, 5.74) is 1.37. The number of hydrogen-bond donors (Lipinski definition) is 1. The molecule has 1 heterocycles. The summed E-state index contributed by atoms with van der Waals surface area (Å²) in [5.74, 6) is 0.552. The van der Waals surface area contributed by atoms with Gasteiger partial charge in [0, 0.05) is 6.42 Å². The van der Waals surface area contributed by atoms with Gasteiger partial charge in [0.15, 0.2) is 0 Å². The van der Waals surface area contributed by atoms with E-state index < -0.39 is 0 Å². The van der Waals surface area contributed by atoms with Crippen LogP contribution < -0.4 is 5.32 Å². The topological polar surface area (TPSA) is 29.1 Å². The smallest absolute Gasteiger partial charge is 0.220 e. The lowest BCUT2D eigenvalue weighted by Crippen LogP contribution is -2.27. The highest BCUT2D eigenvalue weighted by atomic mass is 16.2. The second-order valence-electron chi connectivity index (χ2n) is 5.63. The van der Waals surface area contributed by atoms with Crippen LogP contribution in [0, 0.1) is 11.3 Å². The van der Waals surface area contributed by atoms with Gasteiger partial charge in [-0.1, -0.05) is 51.1 Å². The predicted molar refractivity (Wildman–Crippen MR) is 64.9 cm³/mol. The van der Waals surface area contributed by atoms with Crippen molar-refractivity contribution in [2.24, 2.45) is 11.3 Å². The molecule has 2 atom stereocenters. The van der Waals surface area contributed by atoms with Crippen molar-refractivity contribution in [2.75, 3.05) is 0 Å². The summed E-state index contributed by atoms with van der Waals surface area (Å²) in [6.45, 7) is 6.61. The van der Waals surface area contributed by atoms with Crippen LogP contribution in [0.2, 0.25) is 0 Å². The summed E-state index contributed by atoms with van der Waals surface area (Å²) in [4.78, 5) is 11.6. The van der Waals surface area contributed by atoms with Crippen molar-refractivity contribution >= 4 is 5.91 Å². The average molecular weight is 217 g/mol. The van der Waals surface area contributed by atoms with Crippen molar-refractivity contribution in [1.82, 2.24) is 5.32 Å². The Morgan fingerprint density at radius 2 is 1.81 bits per heavy atom. The number of benzene rings is 1. The fourth-order valence-corrected chi connectivity index (χ4v) is 2.43. The third-order valence-electron chi connectivity index (χ3n) is 3.40. The zero-order valence-electron chi connectivity index (χ0n) is 10.2. The van der Waals surface area contributed by atoms with Crippen molar-refractivity contribution in [2.45, 2.75) is 33.2 Å². The molecular weight excluding hydrogens is 198 g/mol. The Labute approximate surface area is 97.1 Å². The molecule has 16 heavy (non-hydrogen) atoms. The van der Waals surface area contributed by atoms with E-state index in [0.29, 0.717) is 12.3 Å². The number of nitrogens with one attached hydrogen (secondary N) is 1. The van der Waals surface area contributed by atoms with Gasteiger partial charge in [-0.05, 0) is 16.9 Å². The second-order valence-corrected chi connectivity index (χ2v) is 5.63. The Morgan fingerprint density at radius 3 is 2.38 bits per heavy atom. The Morgan fingerprint density at radius 1 is 1.19 bits per heavy atom. The SMILES string of the molecule is CC(C)(C)C1CC(=O)NC1c1ccccc1. The molecule has 1 aromatic carbocycles. The largest absolute Gasteiger partial charge is 0.349 e. The molecule has 1 fully saturated rings. The summed E-state index contributed by atoms with van der Waals surface area (Å²) in [5, 5.41) is 3.09. The van der Waals surface area contributed by atoms with Crippen LogP contribution in [0.25, 0.3) is 0 Å². The lowest BCUT2D eigenvalue weighted by atomic mass is 9.74. The molecule has 2 unspecified atom stereocenters. The van der Waals surface area contributed by atoms with Crippen LogP contribution in [0.5, 0.6) is 0 Å². The molecule has 0 saturated carbocycles. The third-order valence-corrected chi connectivity index (χ3v) is 3.40. The van der Waals surface area contributed by atoms with Crippen molar-refractivity contribution in [1.29, 1.82) is 0 Å². The molecule has 86 valence electrons. The maximum atomic E-state index is 11.6. The first kappa shape index (κ1) is 11.2. The summed E-state index contributed by atoms with van der Waals surface area (Å²) < 4.78 is 0. The van der Waals surface area contributed by atoms with Gasteiger partial charge in [0.25, 0.3) is 0 Å². The molecule has 1 amide bonds. The van der Waals surface area contributed by atoms with Gasteiger partial charge in [0.2, 0.25) is 5.91 Å². The third kappa shape index (κ3) is 2.11. The Balaban J connectivity index is 2.30. The minimum absolute atomic E-state index is 0.152. The van der Waals surface area contributed by atoms with Crippen LogP contribution in [0.3, 0.4) is 0 Å². The van der Waals surface area contributed by atoms with Crippen LogP contribution in [-0.2, 0) is 4.79 Å². The van der Waals surface area contributed by atoms with Crippen LogP contribution in [0.15, 0.2) is 30.3 Å². The van der Waals surface area contributed by atoms with Gasteiger partial charge in [0.1, 0.15) is 0 Å². The molecule has 1 saturated heterocycles. The highest BCUT2D eigenvalue weighted by molar-refractivity contribution is 5.79. The van der Waals surface area contributed by atoms with E-state index in [4.69, 9.17) is 0 Å². The van der Waals surface area contributed by atoms with E-state index in [1.165, 1.54) is 5.56 Å². The summed E-state index contributed by atoms with van der Waals surface area (Å²) >= 11 is 0. The van der Waals surface area contributed by atoms with E-state index in [1.54, 1.807) is 0 Å². The molecule has 2 nitrogen and oxygen atoms in total. The molecule has 0 aromatic heterocycles. The Hall–Kier alpha value is -1.31. The Bertz CT molecular complexity index is 377. The van der Waals surface area contributed by atoms with E-state index in [9.17, 15) is 4.79 Å². The van der Waals surface area contributed by atoms with Gasteiger partial charge in [-0.3, -0.25) is 4.79 Å². The van der Waals surface area contributed by atoms with Crippen molar-refractivity contribution in [3.63, 3.8) is 0 Å². The molecule has 0 bridgehead atoms. The molecule has 1 aliphatic rings. The number of carbonyl (C=O) groups excluding carboxylic acids is 1. The van der Waals surface area contributed by atoms with Gasteiger partial charge in [-0.2, -0.15) is 0 Å².